The zero-order valence-electron chi connectivity index (χ0n) is 16.5. The van der Waals surface area contributed by atoms with Gasteiger partial charge in [0, 0.05) is 51.5 Å². The summed E-state index contributed by atoms with van der Waals surface area (Å²) in [5, 5.41) is 0. The Kier molecular flexibility index (Phi) is 5.59. The van der Waals surface area contributed by atoms with E-state index in [4.69, 9.17) is 4.74 Å². The summed E-state index contributed by atoms with van der Waals surface area (Å²) in [5.41, 5.74) is 0.737. The van der Waals surface area contributed by atoms with Gasteiger partial charge >= 0.3 is 0 Å². The van der Waals surface area contributed by atoms with Gasteiger partial charge in [0.15, 0.2) is 0 Å². The molecule has 2 fully saturated rings. The van der Waals surface area contributed by atoms with Crippen molar-refractivity contribution in [2.24, 2.45) is 5.92 Å². The van der Waals surface area contributed by atoms with Crippen LogP contribution in [0.1, 0.15) is 13.3 Å². The Hall–Kier alpha value is -3.16. The van der Waals surface area contributed by atoms with Crippen LogP contribution in [0.4, 0.5) is 11.6 Å². The Morgan fingerprint density at radius 1 is 1.10 bits per heavy atom. The van der Waals surface area contributed by atoms with Gasteiger partial charge in [0.1, 0.15) is 5.75 Å². The monoisotopic (exact) mass is 395 g/mol. The number of amides is 2. The van der Waals surface area contributed by atoms with E-state index in [1.165, 1.54) is 0 Å². The van der Waals surface area contributed by atoms with E-state index in [0.717, 1.165) is 5.69 Å². The van der Waals surface area contributed by atoms with Crippen LogP contribution in [0.2, 0.25) is 0 Å². The van der Waals surface area contributed by atoms with Crippen molar-refractivity contribution in [2.45, 2.75) is 13.3 Å². The lowest BCUT2D eigenvalue weighted by atomic mass is 10.1. The zero-order chi connectivity index (χ0) is 20.2. The van der Waals surface area contributed by atoms with Gasteiger partial charge in [0.2, 0.25) is 17.8 Å². The van der Waals surface area contributed by atoms with E-state index in [-0.39, 0.29) is 24.2 Å². The summed E-state index contributed by atoms with van der Waals surface area (Å²) in [7, 11) is 0. The van der Waals surface area contributed by atoms with Crippen molar-refractivity contribution in [3.8, 4) is 5.75 Å². The number of ether oxygens (including phenoxy) is 1. The first kappa shape index (κ1) is 19.2. The fourth-order valence-corrected chi connectivity index (χ4v) is 3.90. The molecular weight excluding hydrogens is 370 g/mol. The largest absolute Gasteiger partial charge is 0.492 e. The molecule has 0 radical (unpaired) electrons. The Balaban J connectivity index is 1.39. The van der Waals surface area contributed by atoms with Gasteiger partial charge in [-0.25, -0.2) is 9.97 Å². The Labute approximate surface area is 170 Å². The highest BCUT2D eigenvalue weighted by Gasteiger charge is 2.38. The number of benzene rings is 1. The van der Waals surface area contributed by atoms with Crippen molar-refractivity contribution in [1.29, 1.82) is 0 Å². The minimum absolute atomic E-state index is 0.0353. The molecule has 2 amide bonds. The Bertz CT molecular complexity index is 868. The number of piperazine rings is 1. The third-order valence-corrected chi connectivity index (χ3v) is 5.36. The summed E-state index contributed by atoms with van der Waals surface area (Å²) in [5.74, 6) is 1.05. The molecule has 8 heteroatoms. The quantitative estimate of drug-likeness (QED) is 0.765. The second-order valence-corrected chi connectivity index (χ2v) is 7.17. The highest BCUT2D eigenvalue weighted by molar-refractivity contribution is 6.01. The van der Waals surface area contributed by atoms with Crippen LogP contribution in [-0.4, -0.2) is 66.0 Å². The smallest absolute Gasteiger partial charge is 0.228 e. The molecule has 0 unspecified atom stereocenters. The van der Waals surface area contributed by atoms with Gasteiger partial charge < -0.3 is 19.4 Å². The fourth-order valence-electron chi connectivity index (χ4n) is 3.90. The number of aromatic nitrogens is 2. The number of rotatable bonds is 5. The molecule has 0 aliphatic carbocycles. The minimum atomic E-state index is -0.322. The highest BCUT2D eigenvalue weighted by atomic mass is 16.5. The van der Waals surface area contributed by atoms with Crippen molar-refractivity contribution in [3.05, 3.63) is 42.7 Å². The van der Waals surface area contributed by atoms with Gasteiger partial charge in [0.05, 0.1) is 18.2 Å². The van der Waals surface area contributed by atoms with E-state index < -0.39 is 0 Å². The average molecular weight is 395 g/mol. The van der Waals surface area contributed by atoms with Gasteiger partial charge in [-0.05, 0) is 25.1 Å². The van der Waals surface area contributed by atoms with Crippen LogP contribution in [-0.2, 0) is 9.59 Å². The van der Waals surface area contributed by atoms with E-state index in [0.29, 0.717) is 51.0 Å². The lowest BCUT2D eigenvalue weighted by molar-refractivity contribution is -0.136. The Morgan fingerprint density at radius 3 is 2.55 bits per heavy atom. The molecule has 2 aliphatic heterocycles. The summed E-state index contributed by atoms with van der Waals surface area (Å²) in [6, 6.07) is 9.27. The molecule has 0 spiro atoms. The van der Waals surface area contributed by atoms with Crippen molar-refractivity contribution >= 4 is 23.5 Å². The third-order valence-electron chi connectivity index (χ3n) is 5.36. The van der Waals surface area contributed by atoms with E-state index in [2.05, 4.69) is 14.9 Å². The van der Waals surface area contributed by atoms with Gasteiger partial charge in [-0.1, -0.05) is 12.1 Å². The Morgan fingerprint density at radius 2 is 1.83 bits per heavy atom. The van der Waals surface area contributed by atoms with Gasteiger partial charge in [-0.2, -0.15) is 0 Å². The molecule has 1 atom stereocenters. The predicted octanol–water partition coefficient (Wildman–Crippen LogP) is 1.58. The first-order valence-corrected chi connectivity index (χ1v) is 10.0. The van der Waals surface area contributed by atoms with Crippen molar-refractivity contribution < 1.29 is 14.3 Å². The molecule has 2 aromatic rings. The summed E-state index contributed by atoms with van der Waals surface area (Å²) < 4.78 is 5.66. The average Bonchev–Trinajstić information content (AvgIpc) is 3.16. The fraction of sp³-hybridized carbons (Fsp3) is 0.429. The molecule has 1 aromatic heterocycles. The minimum Gasteiger partial charge on any atom is -0.492 e. The summed E-state index contributed by atoms with van der Waals surface area (Å²) in [4.78, 5) is 39.8. The maximum atomic E-state index is 13.0. The lowest BCUT2D eigenvalue weighted by Gasteiger charge is -2.35. The number of hydrogen-bond acceptors (Lipinski definition) is 6. The molecule has 0 saturated carbocycles. The number of carbonyl (C=O) groups is 2. The maximum Gasteiger partial charge on any atom is 0.228 e. The van der Waals surface area contributed by atoms with Crippen LogP contribution >= 0.6 is 0 Å². The molecule has 2 saturated heterocycles. The highest BCUT2D eigenvalue weighted by Crippen LogP contribution is 2.33. The number of para-hydroxylation sites is 2. The van der Waals surface area contributed by atoms with E-state index in [1.807, 2.05) is 36.1 Å². The van der Waals surface area contributed by atoms with E-state index >= 15 is 0 Å². The van der Waals surface area contributed by atoms with E-state index in [9.17, 15) is 9.59 Å². The molecule has 0 bridgehead atoms. The maximum absolute atomic E-state index is 13.0. The zero-order valence-corrected chi connectivity index (χ0v) is 16.5. The van der Waals surface area contributed by atoms with Crippen LogP contribution < -0.4 is 14.5 Å². The van der Waals surface area contributed by atoms with Crippen LogP contribution in [0, 0.1) is 5.92 Å². The summed E-state index contributed by atoms with van der Waals surface area (Å²) >= 11 is 0. The predicted molar refractivity (Wildman–Crippen MR) is 109 cm³/mol. The normalized spacial score (nSPS) is 19.6. The number of anilines is 2. The standard InChI is InChI=1S/C21H25N5O3/c1-2-29-18-7-4-3-6-17(18)26-15-16(14-19(26)27)20(28)24-10-12-25(13-11-24)21-22-8-5-9-23-21/h3-9,16H,2,10-15H2,1H3/t16-/m0/s1. The number of hydrogen-bond donors (Lipinski definition) is 0. The second kappa shape index (κ2) is 8.46. The third kappa shape index (κ3) is 4.01. The summed E-state index contributed by atoms with van der Waals surface area (Å²) in [6.45, 7) is 5.42. The molecule has 2 aliphatic rings. The molecular formula is C21H25N5O3. The molecule has 1 aromatic carbocycles. The second-order valence-electron chi connectivity index (χ2n) is 7.17. The summed E-state index contributed by atoms with van der Waals surface area (Å²) in [6.07, 6.45) is 3.68. The molecule has 3 heterocycles. The number of carbonyl (C=O) groups excluding carboxylic acids is 2. The molecule has 8 nitrogen and oxygen atoms in total. The van der Waals surface area contributed by atoms with Crippen molar-refractivity contribution in [2.75, 3.05) is 49.1 Å². The van der Waals surface area contributed by atoms with Gasteiger partial charge in [0.25, 0.3) is 0 Å². The van der Waals surface area contributed by atoms with Crippen LogP contribution in [0.25, 0.3) is 0 Å². The van der Waals surface area contributed by atoms with Crippen molar-refractivity contribution in [1.82, 2.24) is 14.9 Å². The first-order chi connectivity index (χ1) is 14.2. The van der Waals surface area contributed by atoms with Crippen LogP contribution in [0.15, 0.2) is 42.7 Å². The van der Waals surface area contributed by atoms with Crippen LogP contribution in [0.3, 0.4) is 0 Å². The molecule has 29 heavy (non-hydrogen) atoms. The lowest BCUT2D eigenvalue weighted by Crippen LogP contribution is -2.51. The first-order valence-electron chi connectivity index (χ1n) is 10.0. The number of nitrogens with zero attached hydrogens (tertiary/aromatic N) is 5. The molecule has 4 rings (SSSR count). The van der Waals surface area contributed by atoms with Crippen LogP contribution in [0.5, 0.6) is 5.75 Å². The van der Waals surface area contributed by atoms with Crippen molar-refractivity contribution in [3.63, 3.8) is 0 Å². The molecule has 0 N–H and O–H groups in total. The van der Waals surface area contributed by atoms with E-state index in [1.54, 1.807) is 23.4 Å². The SMILES string of the molecule is CCOc1ccccc1N1C[C@@H](C(=O)N2CCN(c3ncccn3)CC2)CC1=O. The topological polar surface area (TPSA) is 78.9 Å². The van der Waals surface area contributed by atoms with Gasteiger partial charge in [-0.3, -0.25) is 9.59 Å². The molecule has 152 valence electrons. The van der Waals surface area contributed by atoms with Gasteiger partial charge in [-0.15, -0.1) is 0 Å².